The van der Waals surface area contributed by atoms with Crippen molar-refractivity contribution in [3.63, 3.8) is 0 Å². The van der Waals surface area contributed by atoms with E-state index in [1.54, 1.807) is 0 Å². The van der Waals surface area contributed by atoms with Crippen LogP contribution in [0, 0.1) is 0 Å². The molecule has 0 saturated heterocycles. The van der Waals surface area contributed by atoms with Gasteiger partial charge in [-0.3, -0.25) is 0 Å². The van der Waals surface area contributed by atoms with Gasteiger partial charge in [0.25, 0.3) is 0 Å². The zero-order valence-corrected chi connectivity index (χ0v) is 11.3. The highest BCUT2D eigenvalue weighted by molar-refractivity contribution is 7.18. The summed E-state index contributed by atoms with van der Waals surface area (Å²) in [5, 5.41) is 4.82. The van der Waals surface area contributed by atoms with Gasteiger partial charge in [0.15, 0.2) is 0 Å². The Hall–Kier alpha value is -1.87. The molecular weight excluding hydrogens is 252 g/mol. The van der Waals surface area contributed by atoms with Crippen LogP contribution in [0.5, 0.6) is 0 Å². The molecule has 1 aliphatic rings. The Labute approximate surface area is 116 Å². The molecule has 3 heteroatoms. The molecule has 2 aromatic carbocycles. The van der Waals surface area contributed by atoms with E-state index >= 15 is 0 Å². The summed E-state index contributed by atoms with van der Waals surface area (Å²) in [6.45, 7) is 0. The monoisotopic (exact) mass is 266 g/mol. The quantitative estimate of drug-likeness (QED) is 0.761. The molecule has 1 aliphatic heterocycles. The number of para-hydroxylation sites is 2. The molecule has 19 heavy (non-hydrogen) atoms. The van der Waals surface area contributed by atoms with Gasteiger partial charge in [-0.2, -0.15) is 0 Å². The molecule has 2 heterocycles. The first-order valence-corrected chi connectivity index (χ1v) is 7.39. The van der Waals surface area contributed by atoms with Crippen molar-refractivity contribution in [2.75, 3.05) is 5.32 Å². The molecule has 1 unspecified atom stereocenters. The second-order valence-electron chi connectivity index (χ2n) is 4.98. The predicted molar refractivity (Wildman–Crippen MR) is 80.9 cm³/mol. The van der Waals surface area contributed by atoms with Gasteiger partial charge in [-0.05, 0) is 30.2 Å². The fraction of sp³-hybridized carbons (Fsp3) is 0.188. The van der Waals surface area contributed by atoms with Crippen LogP contribution in [0.3, 0.4) is 0 Å². The third kappa shape index (κ3) is 2.00. The Kier molecular flexibility index (Phi) is 2.52. The van der Waals surface area contributed by atoms with E-state index in [4.69, 9.17) is 4.98 Å². The van der Waals surface area contributed by atoms with Crippen molar-refractivity contribution in [1.29, 1.82) is 0 Å². The third-order valence-electron chi connectivity index (χ3n) is 3.60. The van der Waals surface area contributed by atoms with Crippen LogP contribution < -0.4 is 5.32 Å². The summed E-state index contributed by atoms with van der Waals surface area (Å²) in [7, 11) is 0. The molecular formula is C16H14N2S. The minimum atomic E-state index is 0.484. The van der Waals surface area contributed by atoms with E-state index in [9.17, 15) is 0 Å². The lowest BCUT2D eigenvalue weighted by atomic mass is 10.1. The first-order chi connectivity index (χ1) is 9.38. The van der Waals surface area contributed by atoms with E-state index in [2.05, 4.69) is 53.8 Å². The maximum Gasteiger partial charge on any atom is 0.0959 e. The molecule has 0 spiro atoms. The lowest BCUT2D eigenvalue weighted by molar-refractivity contribution is 0.743. The number of nitrogens with one attached hydrogen (secondary N) is 1. The van der Waals surface area contributed by atoms with E-state index in [1.807, 2.05) is 11.3 Å². The van der Waals surface area contributed by atoms with Crippen molar-refractivity contribution >= 4 is 27.2 Å². The smallest absolute Gasteiger partial charge is 0.0959 e. The second-order valence-corrected chi connectivity index (χ2v) is 6.10. The van der Waals surface area contributed by atoms with Crippen molar-refractivity contribution in [2.45, 2.75) is 18.9 Å². The van der Waals surface area contributed by atoms with Crippen LogP contribution in [0.2, 0.25) is 0 Å². The molecule has 0 amide bonds. The Morgan fingerprint density at radius 1 is 1.11 bits per heavy atom. The molecule has 1 N–H and O–H groups in total. The molecule has 94 valence electrons. The maximum absolute atomic E-state index is 4.72. The molecule has 0 saturated carbocycles. The highest BCUT2D eigenvalue weighted by atomic mass is 32.1. The number of hydrogen-bond donors (Lipinski definition) is 1. The largest absolute Gasteiger partial charge is 0.381 e. The summed E-state index contributed by atoms with van der Waals surface area (Å²) in [6, 6.07) is 17.4. The first-order valence-electron chi connectivity index (χ1n) is 6.57. The molecule has 1 aromatic heterocycles. The van der Waals surface area contributed by atoms with E-state index in [1.165, 1.54) is 21.0 Å². The van der Waals surface area contributed by atoms with Crippen molar-refractivity contribution in [1.82, 2.24) is 4.98 Å². The van der Waals surface area contributed by atoms with E-state index < -0.39 is 0 Å². The SMILES string of the molecule is c1ccc2c(c1)CC(Cc1nc3ccccc3s1)N2. The van der Waals surface area contributed by atoms with E-state index in [0.29, 0.717) is 6.04 Å². The number of fused-ring (bicyclic) bond motifs is 2. The Morgan fingerprint density at radius 2 is 1.95 bits per heavy atom. The van der Waals surface area contributed by atoms with Gasteiger partial charge in [0.05, 0.1) is 15.2 Å². The summed E-state index contributed by atoms with van der Waals surface area (Å²) >= 11 is 1.81. The van der Waals surface area contributed by atoms with Gasteiger partial charge in [-0.25, -0.2) is 4.98 Å². The van der Waals surface area contributed by atoms with Gasteiger partial charge >= 0.3 is 0 Å². The molecule has 3 aromatic rings. The minimum absolute atomic E-state index is 0.484. The number of rotatable bonds is 2. The number of nitrogens with zero attached hydrogens (tertiary/aromatic N) is 1. The van der Waals surface area contributed by atoms with Crippen molar-refractivity contribution in [2.24, 2.45) is 0 Å². The average Bonchev–Trinajstić information content (AvgIpc) is 3.00. The van der Waals surface area contributed by atoms with Gasteiger partial charge in [0.1, 0.15) is 0 Å². The zero-order valence-electron chi connectivity index (χ0n) is 10.5. The molecule has 0 fully saturated rings. The molecule has 4 rings (SSSR count). The highest BCUT2D eigenvalue weighted by Gasteiger charge is 2.21. The average molecular weight is 266 g/mol. The van der Waals surface area contributed by atoms with Crippen LogP contribution in [0.15, 0.2) is 48.5 Å². The topological polar surface area (TPSA) is 24.9 Å². The van der Waals surface area contributed by atoms with Gasteiger partial charge in [-0.15, -0.1) is 11.3 Å². The Balaban J connectivity index is 1.57. The first kappa shape index (κ1) is 11.0. The fourth-order valence-electron chi connectivity index (χ4n) is 2.72. The Bertz CT molecular complexity index is 674. The van der Waals surface area contributed by atoms with Crippen LogP contribution in [0.1, 0.15) is 10.6 Å². The molecule has 0 bridgehead atoms. The second kappa shape index (κ2) is 4.35. The fourth-order valence-corrected chi connectivity index (χ4v) is 3.76. The summed E-state index contributed by atoms with van der Waals surface area (Å²) in [5.41, 5.74) is 3.83. The summed E-state index contributed by atoms with van der Waals surface area (Å²) in [5.74, 6) is 0. The zero-order chi connectivity index (χ0) is 12.7. The number of benzene rings is 2. The minimum Gasteiger partial charge on any atom is -0.381 e. The molecule has 0 aliphatic carbocycles. The summed E-state index contributed by atoms with van der Waals surface area (Å²) < 4.78 is 1.29. The lowest BCUT2D eigenvalue weighted by Gasteiger charge is -2.08. The number of hydrogen-bond acceptors (Lipinski definition) is 3. The van der Waals surface area contributed by atoms with Gasteiger partial charge in [0, 0.05) is 18.2 Å². The lowest BCUT2D eigenvalue weighted by Crippen LogP contribution is -2.18. The number of thiazole rings is 1. The molecule has 1 atom stereocenters. The summed E-state index contributed by atoms with van der Waals surface area (Å²) in [4.78, 5) is 4.72. The van der Waals surface area contributed by atoms with E-state index in [0.717, 1.165) is 18.4 Å². The number of anilines is 1. The van der Waals surface area contributed by atoms with E-state index in [-0.39, 0.29) is 0 Å². The van der Waals surface area contributed by atoms with Crippen molar-refractivity contribution in [3.05, 3.63) is 59.1 Å². The van der Waals surface area contributed by atoms with Crippen LogP contribution >= 0.6 is 11.3 Å². The van der Waals surface area contributed by atoms with Crippen LogP contribution in [0.4, 0.5) is 5.69 Å². The highest BCUT2D eigenvalue weighted by Crippen LogP contribution is 2.29. The van der Waals surface area contributed by atoms with Crippen LogP contribution in [-0.2, 0) is 12.8 Å². The van der Waals surface area contributed by atoms with Crippen LogP contribution in [0.25, 0.3) is 10.2 Å². The van der Waals surface area contributed by atoms with Crippen molar-refractivity contribution < 1.29 is 0 Å². The van der Waals surface area contributed by atoms with Gasteiger partial charge in [-0.1, -0.05) is 30.3 Å². The normalized spacial score (nSPS) is 17.4. The maximum atomic E-state index is 4.72. The van der Waals surface area contributed by atoms with Crippen molar-refractivity contribution in [3.8, 4) is 0 Å². The summed E-state index contributed by atoms with van der Waals surface area (Å²) in [6.07, 6.45) is 2.11. The third-order valence-corrected chi connectivity index (χ3v) is 4.66. The predicted octanol–water partition coefficient (Wildman–Crippen LogP) is 3.88. The van der Waals surface area contributed by atoms with Gasteiger partial charge < -0.3 is 5.32 Å². The van der Waals surface area contributed by atoms with Gasteiger partial charge in [0.2, 0.25) is 0 Å². The number of aromatic nitrogens is 1. The van der Waals surface area contributed by atoms with Crippen LogP contribution in [-0.4, -0.2) is 11.0 Å². The standard InChI is InChI=1S/C16H14N2S/c1-2-6-13-11(5-1)9-12(17-13)10-16-18-14-7-3-4-8-15(14)19-16/h1-8,12,17H,9-10H2. The molecule has 2 nitrogen and oxygen atoms in total. The molecule has 0 radical (unpaired) electrons. The Morgan fingerprint density at radius 3 is 2.84 bits per heavy atom.